The molecule has 0 aliphatic carbocycles. The molecule has 110 valence electrons. The molecule has 2 N–H and O–H groups in total. The van der Waals surface area contributed by atoms with Gasteiger partial charge in [-0.1, -0.05) is 6.07 Å². The van der Waals surface area contributed by atoms with E-state index < -0.39 is 15.8 Å². The highest BCUT2D eigenvalue weighted by Gasteiger charge is 2.33. The molecular formula is C12H13N5O3S. The van der Waals surface area contributed by atoms with Crippen LogP contribution in [-0.4, -0.2) is 46.0 Å². The molecule has 8 nitrogen and oxygen atoms in total. The normalized spacial score (nSPS) is 20.3. The molecule has 0 aromatic carbocycles. The second-order valence-electron chi connectivity index (χ2n) is 4.81. The van der Waals surface area contributed by atoms with Gasteiger partial charge in [-0.05, 0) is 18.6 Å². The van der Waals surface area contributed by atoms with E-state index in [-0.39, 0.29) is 23.4 Å². The molecule has 3 heterocycles. The number of aromatic nitrogens is 4. The molecule has 1 aliphatic rings. The van der Waals surface area contributed by atoms with Crippen LogP contribution in [0.3, 0.4) is 0 Å². The number of carbonyl (C=O) groups excluding carboxylic acids is 1. The van der Waals surface area contributed by atoms with Gasteiger partial charge in [-0.2, -0.15) is 4.98 Å². The summed E-state index contributed by atoms with van der Waals surface area (Å²) in [5, 5.41) is 9.09. The summed E-state index contributed by atoms with van der Waals surface area (Å²) in [4.78, 5) is 20.2. The molecule has 0 radical (unpaired) electrons. The molecule has 1 amide bonds. The van der Waals surface area contributed by atoms with E-state index in [2.05, 4.69) is 25.5 Å². The monoisotopic (exact) mass is 307 g/mol. The van der Waals surface area contributed by atoms with E-state index in [0.717, 1.165) is 0 Å². The number of nitrogens with zero attached hydrogens (tertiary/aromatic N) is 3. The number of carbonyl (C=O) groups is 1. The SMILES string of the molecule is O=C(Nc1n[nH]c(-c2ccccn2)n1)[C@@H]1CCS(=O)(=O)C1. The van der Waals surface area contributed by atoms with Crippen LogP contribution in [0.1, 0.15) is 6.42 Å². The quantitative estimate of drug-likeness (QED) is 0.838. The lowest BCUT2D eigenvalue weighted by Gasteiger charge is -2.05. The van der Waals surface area contributed by atoms with Crippen LogP contribution in [0.15, 0.2) is 24.4 Å². The van der Waals surface area contributed by atoms with E-state index in [1.807, 2.05) is 6.07 Å². The Morgan fingerprint density at radius 2 is 2.24 bits per heavy atom. The topological polar surface area (TPSA) is 118 Å². The van der Waals surface area contributed by atoms with Gasteiger partial charge < -0.3 is 0 Å². The van der Waals surface area contributed by atoms with Gasteiger partial charge in [0, 0.05) is 6.20 Å². The summed E-state index contributed by atoms with van der Waals surface area (Å²) >= 11 is 0. The summed E-state index contributed by atoms with van der Waals surface area (Å²) in [5.74, 6) is -0.418. The van der Waals surface area contributed by atoms with Crippen molar-refractivity contribution < 1.29 is 13.2 Å². The number of H-pyrrole nitrogens is 1. The number of sulfone groups is 1. The van der Waals surface area contributed by atoms with Crippen molar-refractivity contribution in [1.29, 1.82) is 0 Å². The molecule has 1 saturated heterocycles. The van der Waals surface area contributed by atoms with Gasteiger partial charge in [-0.3, -0.25) is 20.2 Å². The maximum absolute atomic E-state index is 12.0. The van der Waals surface area contributed by atoms with Gasteiger partial charge >= 0.3 is 0 Å². The Hall–Kier alpha value is -2.29. The lowest BCUT2D eigenvalue weighted by Crippen LogP contribution is -2.24. The molecule has 1 atom stereocenters. The molecule has 0 saturated carbocycles. The van der Waals surface area contributed by atoms with Crippen LogP contribution >= 0.6 is 0 Å². The number of amides is 1. The van der Waals surface area contributed by atoms with Crippen molar-refractivity contribution in [2.75, 3.05) is 16.8 Å². The zero-order chi connectivity index (χ0) is 14.9. The largest absolute Gasteiger partial charge is 0.293 e. The standard InChI is InChI=1S/C12H13N5O3S/c18-11(8-4-6-21(19,20)7-8)15-12-14-10(16-17-12)9-3-1-2-5-13-9/h1-3,5,8H,4,6-7H2,(H2,14,15,16,17,18)/t8-/m1/s1. The van der Waals surface area contributed by atoms with Crippen molar-refractivity contribution in [2.24, 2.45) is 5.92 Å². The number of rotatable bonds is 3. The van der Waals surface area contributed by atoms with Crippen LogP contribution in [0.25, 0.3) is 11.5 Å². The molecule has 0 unspecified atom stereocenters. The Morgan fingerprint density at radius 3 is 2.90 bits per heavy atom. The molecule has 21 heavy (non-hydrogen) atoms. The first-order valence-corrected chi connectivity index (χ1v) is 8.21. The van der Waals surface area contributed by atoms with Crippen LogP contribution in [0.2, 0.25) is 0 Å². The summed E-state index contributed by atoms with van der Waals surface area (Å²) < 4.78 is 22.7. The fourth-order valence-electron chi connectivity index (χ4n) is 2.15. The number of aromatic amines is 1. The lowest BCUT2D eigenvalue weighted by atomic mass is 10.1. The van der Waals surface area contributed by atoms with Crippen LogP contribution < -0.4 is 5.32 Å². The third-order valence-corrected chi connectivity index (χ3v) is 5.00. The Morgan fingerprint density at radius 1 is 1.38 bits per heavy atom. The summed E-state index contributed by atoms with van der Waals surface area (Å²) in [6.45, 7) is 0. The van der Waals surface area contributed by atoms with Gasteiger partial charge in [0.1, 0.15) is 5.69 Å². The zero-order valence-corrected chi connectivity index (χ0v) is 11.8. The van der Waals surface area contributed by atoms with Crippen molar-refractivity contribution in [1.82, 2.24) is 20.2 Å². The van der Waals surface area contributed by atoms with Gasteiger partial charge in [0.05, 0.1) is 17.4 Å². The van der Waals surface area contributed by atoms with Gasteiger partial charge in [0.2, 0.25) is 11.9 Å². The van der Waals surface area contributed by atoms with Crippen molar-refractivity contribution in [3.8, 4) is 11.5 Å². The smallest absolute Gasteiger partial charge is 0.249 e. The minimum atomic E-state index is -3.09. The predicted molar refractivity (Wildman–Crippen MR) is 75.0 cm³/mol. The molecule has 0 spiro atoms. The number of anilines is 1. The van der Waals surface area contributed by atoms with Gasteiger partial charge in [0.15, 0.2) is 15.7 Å². The fraction of sp³-hybridized carbons (Fsp3) is 0.333. The second-order valence-corrected chi connectivity index (χ2v) is 7.04. The predicted octanol–water partition coefficient (Wildman–Crippen LogP) is 0.240. The van der Waals surface area contributed by atoms with Gasteiger partial charge in [0.25, 0.3) is 0 Å². The lowest BCUT2D eigenvalue weighted by molar-refractivity contribution is -0.119. The van der Waals surface area contributed by atoms with E-state index in [4.69, 9.17) is 0 Å². The number of hydrogen-bond donors (Lipinski definition) is 2. The summed E-state index contributed by atoms with van der Waals surface area (Å²) in [7, 11) is -3.09. The molecule has 2 aromatic heterocycles. The van der Waals surface area contributed by atoms with Crippen LogP contribution in [0, 0.1) is 5.92 Å². The van der Waals surface area contributed by atoms with Crippen molar-refractivity contribution in [3.63, 3.8) is 0 Å². The third-order valence-electron chi connectivity index (χ3n) is 3.23. The molecule has 1 fully saturated rings. The number of hydrogen-bond acceptors (Lipinski definition) is 6. The van der Waals surface area contributed by atoms with Crippen molar-refractivity contribution >= 4 is 21.7 Å². The Balaban J connectivity index is 1.69. The van der Waals surface area contributed by atoms with Gasteiger partial charge in [-0.25, -0.2) is 8.42 Å². The maximum Gasteiger partial charge on any atom is 0.249 e. The highest BCUT2D eigenvalue weighted by Crippen LogP contribution is 2.20. The van der Waals surface area contributed by atoms with Crippen LogP contribution in [-0.2, 0) is 14.6 Å². The highest BCUT2D eigenvalue weighted by molar-refractivity contribution is 7.91. The van der Waals surface area contributed by atoms with E-state index in [9.17, 15) is 13.2 Å². The minimum Gasteiger partial charge on any atom is -0.293 e. The Bertz CT molecular complexity index is 756. The fourth-order valence-corrected chi connectivity index (χ4v) is 3.89. The molecular weight excluding hydrogens is 294 g/mol. The average Bonchev–Trinajstić information content (AvgIpc) is 3.06. The molecule has 9 heteroatoms. The average molecular weight is 307 g/mol. The second kappa shape index (κ2) is 5.24. The summed E-state index contributed by atoms with van der Waals surface area (Å²) in [5.41, 5.74) is 0.606. The van der Waals surface area contributed by atoms with E-state index in [1.54, 1.807) is 18.3 Å². The first-order chi connectivity index (χ1) is 10.0. The Labute approximate surface area is 120 Å². The Kier molecular flexibility index (Phi) is 3.42. The zero-order valence-electron chi connectivity index (χ0n) is 11.0. The van der Waals surface area contributed by atoms with E-state index >= 15 is 0 Å². The van der Waals surface area contributed by atoms with E-state index in [1.165, 1.54) is 0 Å². The van der Waals surface area contributed by atoms with Crippen LogP contribution in [0.4, 0.5) is 5.95 Å². The molecule has 2 aromatic rings. The molecule has 3 rings (SSSR count). The molecule has 1 aliphatic heterocycles. The first-order valence-electron chi connectivity index (χ1n) is 6.38. The number of nitrogens with one attached hydrogen (secondary N) is 2. The summed E-state index contributed by atoms with van der Waals surface area (Å²) in [6.07, 6.45) is 1.96. The third kappa shape index (κ3) is 3.07. The molecule has 0 bridgehead atoms. The van der Waals surface area contributed by atoms with Gasteiger partial charge in [-0.15, -0.1) is 5.10 Å². The van der Waals surface area contributed by atoms with Crippen LogP contribution in [0.5, 0.6) is 0 Å². The van der Waals surface area contributed by atoms with Crippen molar-refractivity contribution in [3.05, 3.63) is 24.4 Å². The maximum atomic E-state index is 12.0. The summed E-state index contributed by atoms with van der Waals surface area (Å²) in [6, 6.07) is 5.35. The van der Waals surface area contributed by atoms with Crippen molar-refractivity contribution in [2.45, 2.75) is 6.42 Å². The first kappa shape index (κ1) is 13.7. The van der Waals surface area contributed by atoms with E-state index in [0.29, 0.717) is 17.9 Å². The number of pyridine rings is 1. The minimum absolute atomic E-state index is 0.0538. The highest BCUT2D eigenvalue weighted by atomic mass is 32.2.